The molecule has 0 bridgehead atoms. The van der Waals surface area contributed by atoms with Gasteiger partial charge in [0.15, 0.2) is 0 Å². The minimum Gasteiger partial charge on any atom is -0.211 e. The van der Waals surface area contributed by atoms with Crippen molar-refractivity contribution >= 4 is 12.2 Å². The van der Waals surface area contributed by atoms with Gasteiger partial charge in [0.2, 0.25) is 12.2 Å². The first-order valence-electron chi connectivity index (χ1n) is 8.42. The molecule has 21 heavy (non-hydrogen) atoms. The Kier molecular flexibility index (Phi) is 6.85. The van der Waals surface area contributed by atoms with Gasteiger partial charge in [-0.15, -0.1) is 0 Å². The second kappa shape index (κ2) is 8.92. The normalized spacial score (nSPS) is 32.8. The van der Waals surface area contributed by atoms with Crippen LogP contribution in [0.15, 0.2) is 9.98 Å². The molecule has 2 fully saturated rings. The van der Waals surface area contributed by atoms with Crippen LogP contribution in [-0.2, 0) is 9.59 Å². The molecule has 0 aromatic heterocycles. The Morgan fingerprint density at radius 1 is 0.667 bits per heavy atom. The lowest BCUT2D eigenvalue weighted by atomic mass is 9.69. The number of isocyanates is 2. The van der Waals surface area contributed by atoms with Crippen molar-refractivity contribution in [3.05, 3.63) is 0 Å². The fraction of sp³-hybridized carbons (Fsp3) is 0.882. The summed E-state index contributed by atoms with van der Waals surface area (Å²) in [6, 6.07) is 0. The third-order valence-corrected chi connectivity index (χ3v) is 5.52. The topological polar surface area (TPSA) is 58.9 Å². The summed E-state index contributed by atoms with van der Waals surface area (Å²) in [4.78, 5) is 28.4. The molecule has 2 rings (SSSR count). The average molecular weight is 290 g/mol. The number of hydrogen-bond donors (Lipinski definition) is 0. The fourth-order valence-corrected chi connectivity index (χ4v) is 4.37. The van der Waals surface area contributed by atoms with E-state index in [0.717, 1.165) is 0 Å². The summed E-state index contributed by atoms with van der Waals surface area (Å²) >= 11 is 0. The second-order valence-corrected chi connectivity index (χ2v) is 6.71. The molecule has 4 nitrogen and oxygen atoms in total. The molecule has 0 amide bonds. The fourth-order valence-electron chi connectivity index (χ4n) is 4.37. The van der Waals surface area contributed by atoms with E-state index in [1.807, 2.05) is 0 Å². The Morgan fingerprint density at radius 3 is 1.43 bits per heavy atom. The molecule has 2 saturated carbocycles. The lowest BCUT2D eigenvalue weighted by Crippen LogP contribution is -2.29. The molecule has 0 spiro atoms. The van der Waals surface area contributed by atoms with Crippen LogP contribution in [0.1, 0.15) is 57.8 Å². The maximum absolute atomic E-state index is 10.4. The summed E-state index contributed by atoms with van der Waals surface area (Å²) in [5.74, 6) is 2.47. The number of hydrogen-bond acceptors (Lipinski definition) is 4. The van der Waals surface area contributed by atoms with Gasteiger partial charge < -0.3 is 0 Å². The van der Waals surface area contributed by atoms with E-state index in [0.29, 0.717) is 36.8 Å². The Bertz CT molecular complexity index is 373. The van der Waals surface area contributed by atoms with Gasteiger partial charge in [-0.25, -0.2) is 19.6 Å². The quantitative estimate of drug-likeness (QED) is 0.553. The van der Waals surface area contributed by atoms with E-state index in [4.69, 9.17) is 0 Å². The van der Waals surface area contributed by atoms with Gasteiger partial charge in [-0.2, -0.15) is 0 Å². The molecule has 0 aromatic rings. The third kappa shape index (κ3) is 4.91. The smallest absolute Gasteiger partial charge is 0.211 e. The molecule has 4 atom stereocenters. The highest BCUT2D eigenvalue weighted by Gasteiger charge is 2.32. The molecule has 0 saturated heterocycles. The standard InChI is InChI=1S/C17H26N2O2/c20-12-18-10-16-7-3-1-5-14(16)9-15-6-2-4-8-17(15)11-19-13-21/h14-17H,1-11H2. The van der Waals surface area contributed by atoms with Crippen molar-refractivity contribution in [2.45, 2.75) is 57.8 Å². The summed E-state index contributed by atoms with van der Waals surface area (Å²) in [5.41, 5.74) is 0. The van der Waals surface area contributed by atoms with Crippen LogP contribution in [0.3, 0.4) is 0 Å². The van der Waals surface area contributed by atoms with Crippen LogP contribution in [0.4, 0.5) is 0 Å². The predicted octanol–water partition coefficient (Wildman–Crippen LogP) is 3.66. The highest BCUT2D eigenvalue weighted by atomic mass is 16.1. The van der Waals surface area contributed by atoms with Crippen molar-refractivity contribution < 1.29 is 9.59 Å². The molecule has 0 heterocycles. The number of rotatable bonds is 6. The minimum absolute atomic E-state index is 0.553. The predicted molar refractivity (Wildman–Crippen MR) is 81.5 cm³/mol. The zero-order valence-corrected chi connectivity index (χ0v) is 12.8. The van der Waals surface area contributed by atoms with Gasteiger partial charge in [0, 0.05) is 0 Å². The van der Waals surface area contributed by atoms with Gasteiger partial charge in [0.05, 0.1) is 13.1 Å². The SMILES string of the molecule is O=C=NCC1CCCCC1CC1CCCCC1CN=C=O. The van der Waals surface area contributed by atoms with Gasteiger partial charge in [-0.3, -0.25) is 0 Å². The molecular formula is C17H26N2O2. The van der Waals surface area contributed by atoms with E-state index >= 15 is 0 Å². The average Bonchev–Trinajstić information content (AvgIpc) is 2.53. The molecule has 0 N–H and O–H groups in total. The van der Waals surface area contributed by atoms with Crippen LogP contribution in [0.2, 0.25) is 0 Å². The monoisotopic (exact) mass is 290 g/mol. The van der Waals surface area contributed by atoms with Crippen molar-refractivity contribution in [3.8, 4) is 0 Å². The summed E-state index contributed by atoms with van der Waals surface area (Å²) in [7, 11) is 0. The van der Waals surface area contributed by atoms with Crippen molar-refractivity contribution in [3.63, 3.8) is 0 Å². The van der Waals surface area contributed by atoms with Crippen molar-refractivity contribution in [2.24, 2.45) is 33.7 Å². The van der Waals surface area contributed by atoms with Crippen LogP contribution in [-0.4, -0.2) is 25.2 Å². The first-order valence-corrected chi connectivity index (χ1v) is 8.42. The van der Waals surface area contributed by atoms with Gasteiger partial charge in [-0.05, 0) is 42.9 Å². The molecule has 116 valence electrons. The zero-order valence-electron chi connectivity index (χ0n) is 12.8. The van der Waals surface area contributed by atoms with Crippen molar-refractivity contribution in [1.29, 1.82) is 0 Å². The molecule has 4 heteroatoms. The van der Waals surface area contributed by atoms with Gasteiger partial charge in [0.1, 0.15) is 0 Å². The Labute approximate surface area is 127 Å². The van der Waals surface area contributed by atoms with Crippen LogP contribution >= 0.6 is 0 Å². The third-order valence-electron chi connectivity index (χ3n) is 5.52. The Balaban J connectivity index is 1.94. The zero-order chi connectivity index (χ0) is 14.9. The second-order valence-electron chi connectivity index (χ2n) is 6.71. The van der Waals surface area contributed by atoms with Crippen LogP contribution in [0.5, 0.6) is 0 Å². The summed E-state index contributed by atoms with van der Waals surface area (Å²) in [6.07, 6.45) is 14.6. The summed E-state index contributed by atoms with van der Waals surface area (Å²) in [5, 5.41) is 0. The molecule has 2 aliphatic rings. The van der Waals surface area contributed by atoms with E-state index in [1.54, 1.807) is 12.2 Å². The van der Waals surface area contributed by atoms with E-state index in [1.165, 1.54) is 57.8 Å². The van der Waals surface area contributed by atoms with Gasteiger partial charge in [-0.1, -0.05) is 38.5 Å². The van der Waals surface area contributed by atoms with Gasteiger partial charge >= 0.3 is 0 Å². The summed E-state index contributed by atoms with van der Waals surface area (Å²) < 4.78 is 0. The first kappa shape index (κ1) is 16.1. The molecule has 0 radical (unpaired) electrons. The number of aliphatic imine (C=N–C) groups is 2. The van der Waals surface area contributed by atoms with E-state index in [-0.39, 0.29) is 0 Å². The molecule has 2 aliphatic carbocycles. The van der Waals surface area contributed by atoms with Crippen LogP contribution in [0, 0.1) is 23.7 Å². The molecular weight excluding hydrogens is 264 g/mol. The van der Waals surface area contributed by atoms with E-state index < -0.39 is 0 Å². The van der Waals surface area contributed by atoms with Crippen molar-refractivity contribution in [1.82, 2.24) is 0 Å². The maximum Gasteiger partial charge on any atom is 0.234 e. The molecule has 4 unspecified atom stereocenters. The van der Waals surface area contributed by atoms with E-state index in [9.17, 15) is 9.59 Å². The highest BCUT2D eigenvalue weighted by Crippen LogP contribution is 2.40. The Hall–Kier alpha value is -1.24. The maximum atomic E-state index is 10.4. The first-order chi connectivity index (χ1) is 10.3. The lowest BCUT2D eigenvalue weighted by Gasteiger charge is -2.37. The number of carbonyl (C=O) groups excluding carboxylic acids is 2. The Morgan fingerprint density at radius 2 is 1.05 bits per heavy atom. The highest BCUT2D eigenvalue weighted by molar-refractivity contribution is 5.33. The van der Waals surface area contributed by atoms with E-state index in [2.05, 4.69) is 9.98 Å². The van der Waals surface area contributed by atoms with Gasteiger partial charge in [0.25, 0.3) is 0 Å². The largest absolute Gasteiger partial charge is 0.234 e. The van der Waals surface area contributed by atoms with Crippen LogP contribution < -0.4 is 0 Å². The minimum atomic E-state index is 0.553. The number of nitrogens with zero attached hydrogens (tertiary/aromatic N) is 2. The van der Waals surface area contributed by atoms with Crippen molar-refractivity contribution in [2.75, 3.05) is 13.1 Å². The molecule has 0 aliphatic heterocycles. The lowest BCUT2D eigenvalue weighted by molar-refractivity contribution is 0.145. The summed E-state index contributed by atoms with van der Waals surface area (Å²) in [6.45, 7) is 1.30. The molecule has 0 aromatic carbocycles. The van der Waals surface area contributed by atoms with Crippen LogP contribution in [0.25, 0.3) is 0 Å².